The average Bonchev–Trinajstić information content (AvgIpc) is 2.82. The predicted octanol–water partition coefficient (Wildman–Crippen LogP) is 1.85. The maximum absolute atomic E-state index is 10.7. The van der Waals surface area contributed by atoms with Gasteiger partial charge in [0, 0.05) is 0 Å². The van der Waals surface area contributed by atoms with Crippen LogP contribution >= 0.6 is 0 Å². The molecule has 224 valence electrons. The van der Waals surface area contributed by atoms with Gasteiger partial charge in [0.05, 0.1) is 23.9 Å². The van der Waals surface area contributed by atoms with Crippen LogP contribution in [0.5, 0.6) is 0 Å². The molecule has 0 saturated carbocycles. The van der Waals surface area contributed by atoms with Crippen molar-refractivity contribution in [3.63, 3.8) is 0 Å². The Morgan fingerprint density at radius 3 is 1.08 bits per heavy atom. The Bertz CT molecular complexity index is 694. The van der Waals surface area contributed by atoms with Gasteiger partial charge in [-0.05, 0) is 48.0 Å². The molecule has 0 aromatic carbocycles. The summed E-state index contributed by atoms with van der Waals surface area (Å²) in [4.78, 5) is 42.0. The molecule has 2 unspecified atom stereocenters. The van der Waals surface area contributed by atoms with E-state index in [0.717, 1.165) is 59.2 Å². The molecule has 8 nitrogen and oxygen atoms in total. The van der Waals surface area contributed by atoms with Gasteiger partial charge in [-0.3, -0.25) is 0 Å². The second kappa shape index (κ2) is 26.4. The van der Waals surface area contributed by atoms with Crippen LogP contribution in [0.1, 0.15) is 120 Å². The zero-order chi connectivity index (χ0) is 31.0. The van der Waals surface area contributed by atoms with Crippen molar-refractivity contribution >= 4 is 45.0 Å². The summed E-state index contributed by atoms with van der Waals surface area (Å²) in [6.45, 7) is 17.5. The van der Waals surface area contributed by atoms with Crippen LogP contribution in [0.4, 0.5) is 0 Å². The quantitative estimate of drug-likeness (QED) is 0.159. The third-order valence-corrected chi connectivity index (χ3v) is 11.5. The first-order chi connectivity index (χ1) is 18.1. The van der Waals surface area contributed by atoms with Crippen molar-refractivity contribution in [2.45, 2.75) is 127 Å². The number of hydrogen-bond donors (Lipinski definition) is 0. The summed E-state index contributed by atoms with van der Waals surface area (Å²) in [5.74, 6) is -5.40. The van der Waals surface area contributed by atoms with Crippen LogP contribution in [0, 0.1) is 11.8 Å². The second-order valence-electron chi connectivity index (χ2n) is 10.8. The van der Waals surface area contributed by atoms with E-state index in [9.17, 15) is 39.6 Å². The molecule has 2 atom stereocenters. The molecule has 0 aliphatic heterocycles. The summed E-state index contributed by atoms with van der Waals surface area (Å²) in [6.07, 6.45) is 9.34. The number of unbranched alkanes of at least 4 members (excludes halogenated alkanes) is 2. The van der Waals surface area contributed by atoms with Gasteiger partial charge < -0.3 is 39.6 Å². The van der Waals surface area contributed by atoms with Crippen molar-refractivity contribution in [2.24, 2.45) is 11.8 Å². The first kappa shape index (κ1) is 41.6. The molecule has 39 heavy (non-hydrogen) atoms. The molecule has 0 aliphatic rings. The minimum absolute atomic E-state index is 0.178. The molecule has 0 spiro atoms. The number of rotatable bonds is 18. The molecule has 0 amide bonds. The third kappa shape index (κ3) is 29.0. The zero-order valence-corrected chi connectivity index (χ0v) is 29.5. The van der Waals surface area contributed by atoms with Gasteiger partial charge in [0.15, 0.2) is 0 Å². The number of carboxylic acids is 4. The van der Waals surface area contributed by atoms with E-state index in [1.54, 1.807) is 0 Å². The summed E-state index contributed by atoms with van der Waals surface area (Å²) in [5, 5.41) is 42.0. The van der Waals surface area contributed by atoms with Crippen LogP contribution in [0.3, 0.4) is 0 Å². The Morgan fingerprint density at radius 2 is 0.923 bits per heavy atom. The molecule has 0 fully saturated rings. The maximum atomic E-state index is 10.7. The fraction of sp³-hybridized carbons (Fsp3) is 0.733. The molecule has 0 N–H and O–H groups in total. The molecular weight excluding hydrogens is 607 g/mol. The van der Waals surface area contributed by atoms with Crippen molar-refractivity contribution < 1.29 is 39.6 Å². The van der Waals surface area contributed by atoms with E-state index in [0.29, 0.717) is 12.2 Å². The standard InChI is InChI=1S/2C12H20O4.2C3H7.Sn.2H/c2*1-3-5-6-9(4-2)7-10(12(15)16)8-11(13)14;2*1-3-2;;;/h2*8-9H,3-7H2,1-2H3,(H,13,14)(H,15,16);2*3H,1-2H3;;;/q;;;;+4;;/p-4/b2*10-8-;;;;;. The van der Waals surface area contributed by atoms with Crippen molar-refractivity contribution in [1.29, 1.82) is 0 Å². The molecule has 0 saturated heterocycles. The Balaban J connectivity index is -0.000000537. The van der Waals surface area contributed by atoms with E-state index < -0.39 is 23.9 Å². The first-order valence-electron chi connectivity index (χ1n) is 14.4. The van der Waals surface area contributed by atoms with Crippen LogP contribution in [0.25, 0.3) is 0 Å². The first-order valence-corrected chi connectivity index (χ1v) is 19.1. The Kier molecular flexibility index (Phi) is 28.2. The van der Waals surface area contributed by atoms with Gasteiger partial charge in [-0.15, -0.1) is 0 Å². The molecule has 0 rings (SSSR count). The number of carboxylic acid groups (broad SMARTS) is 4. The normalized spacial score (nSPS) is 13.1. The van der Waals surface area contributed by atoms with Crippen LogP contribution in [-0.4, -0.2) is 45.0 Å². The van der Waals surface area contributed by atoms with E-state index in [-0.39, 0.29) is 57.0 Å². The van der Waals surface area contributed by atoms with Crippen LogP contribution in [0.15, 0.2) is 23.3 Å². The van der Waals surface area contributed by atoms with Gasteiger partial charge in [0.1, 0.15) is 0 Å². The summed E-state index contributed by atoms with van der Waals surface area (Å²) < 4.78 is 2.17. The van der Waals surface area contributed by atoms with Gasteiger partial charge in [-0.1, -0.05) is 79.1 Å². The number of carbonyl (C=O) groups excluding carboxylic acids is 4. The molecule has 0 aromatic heterocycles. The van der Waals surface area contributed by atoms with Gasteiger partial charge in [0.25, 0.3) is 0 Å². The fourth-order valence-corrected chi connectivity index (χ4v) is 9.52. The minimum atomic E-state index is -1.48. The topological polar surface area (TPSA) is 161 Å². The summed E-state index contributed by atoms with van der Waals surface area (Å²) in [6, 6.07) is 0. The number of hydrogen-bond acceptors (Lipinski definition) is 8. The SMILES string of the molecule is CCCCC(CC)C/C(=C/C(=O)[O-])C(=O)[O-].CCCCC(CC)C/C(=C/C(=O)[O-])C(=O)[O-].C[CH](C)[SnH2+4][CH](C)C. The van der Waals surface area contributed by atoms with E-state index >= 15 is 0 Å². The van der Waals surface area contributed by atoms with E-state index in [4.69, 9.17) is 0 Å². The number of carbonyl (C=O) groups is 4. The van der Waals surface area contributed by atoms with Gasteiger partial charge in [-0.2, -0.15) is 0 Å². The molecule has 4 radical (unpaired) electrons. The summed E-state index contributed by atoms with van der Waals surface area (Å²) >= 11 is -0.272. The van der Waals surface area contributed by atoms with E-state index in [1.165, 1.54) is 0 Å². The summed E-state index contributed by atoms with van der Waals surface area (Å²) in [7, 11) is 0. The zero-order valence-electron chi connectivity index (χ0n) is 25.5. The van der Waals surface area contributed by atoms with Crippen LogP contribution in [-0.2, 0) is 19.2 Å². The summed E-state index contributed by atoms with van der Waals surface area (Å²) in [5.41, 5.74) is -0.356. The van der Waals surface area contributed by atoms with Crippen LogP contribution in [0.2, 0.25) is 7.87 Å². The predicted molar refractivity (Wildman–Crippen MR) is 151 cm³/mol. The van der Waals surface area contributed by atoms with Gasteiger partial charge >= 0.3 is 56.7 Å². The van der Waals surface area contributed by atoms with Crippen molar-refractivity contribution in [3.8, 4) is 0 Å². The number of aliphatic carboxylic acids is 4. The van der Waals surface area contributed by atoms with Crippen molar-refractivity contribution in [3.05, 3.63) is 23.3 Å². The van der Waals surface area contributed by atoms with Gasteiger partial charge in [0.2, 0.25) is 0 Å². The average molecular weight is 659 g/mol. The van der Waals surface area contributed by atoms with Crippen molar-refractivity contribution in [2.75, 3.05) is 0 Å². The Hall–Kier alpha value is -1.84. The van der Waals surface area contributed by atoms with Crippen LogP contribution < -0.4 is 20.4 Å². The molecule has 0 bridgehead atoms. The monoisotopic (exact) mass is 660 g/mol. The van der Waals surface area contributed by atoms with E-state index in [2.05, 4.69) is 41.5 Å². The molecular formula is C30H52O8Sn. The third-order valence-electron chi connectivity index (χ3n) is 6.16. The second-order valence-corrected chi connectivity index (χ2v) is 21.5. The fourth-order valence-electron chi connectivity index (χ4n) is 4.14. The van der Waals surface area contributed by atoms with Crippen molar-refractivity contribution in [1.82, 2.24) is 0 Å². The molecule has 0 heterocycles. The molecule has 0 aromatic rings. The Morgan fingerprint density at radius 1 is 0.615 bits per heavy atom. The Labute approximate surface area is 246 Å². The van der Waals surface area contributed by atoms with E-state index in [1.807, 2.05) is 13.8 Å². The van der Waals surface area contributed by atoms with Gasteiger partial charge in [-0.25, -0.2) is 0 Å². The molecule has 9 heteroatoms. The molecule has 0 aliphatic carbocycles.